The molecule has 1 aliphatic rings. The minimum Gasteiger partial charge on any atom is -0.391 e. The molecule has 1 heterocycles. The molecule has 6 nitrogen and oxygen atoms in total. The number of non-ortho nitro benzene ring substituents is 1. The second-order valence-corrected chi connectivity index (χ2v) is 3.88. The lowest BCUT2D eigenvalue weighted by Gasteiger charge is -2.17. The number of hydrogen-bond acceptors (Lipinski definition) is 4. The van der Waals surface area contributed by atoms with Gasteiger partial charge in [-0.1, -0.05) is 0 Å². The average Bonchev–Trinajstić information content (AvgIpc) is 2.56. The Morgan fingerprint density at radius 2 is 1.94 bits per heavy atom. The third-order valence-corrected chi connectivity index (χ3v) is 2.59. The fourth-order valence-corrected chi connectivity index (χ4v) is 1.82. The van der Waals surface area contributed by atoms with E-state index >= 15 is 0 Å². The molecule has 2 rings (SSSR count). The molecule has 0 spiro atoms. The molecule has 0 aromatic heterocycles. The number of aliphatic hydroxyl groups is 1. The van der Waals surface area contributed by atoms with Gasteiger partial charge in [0.05, 0.1) is 36.1 Å². The number of benzene rings is 1. The summed E-state index contributed by atoms with van der Waals surface area (Å²) in [5.41, 5.74) is -1.40. The SMILES string of the molecule is O=C1CC(O)CN1c1c(F)cc([N+](=O)[O-])cc1F. The standard InChI is InChI=1S/C10H8F2N2O4/c11-7-1-5(14(17)18)2-8(12)10(7)13-4-6(15)3-9(13)16/h1-2,6,15H,3-4H2. The fourth-order valence-electron chi connectivity index (χ4n) is 1.82. The van der Waals surface area contributed by atoms with Crippen LogP contribution in [0.3, 0.4) is 0 Å². The summed E-state index contributed by atoms with van der Waals surface area (Å²) >= 11 is 0. The average molecular weight is 258 g/mol. The number of hydrogen-bond donors (Lipinski definition) is 1. The van der Waals surface area contributed by atoms with Crippen LogP contribution in [0.5, 0.6) is 0 Å². The molecule has 1 amide bonds. The van der Waals surface area contributed by atoms with Crippen molar-refractivity contribution in [3.63, 3.8) is 0 Å². The second-order valence-electron chi connectivity index (χ2n) is 3.88. The predicted molar refractivity (Wildman–Crippen MR) is 56.0 cm³/mol. The minimum atomic E-state index is -1.20. The van der Waals surface area contributed by atoms with Crippen LogP contribution in [-0.4, -0.2) is 28.6 Å². The van der Waals surface area contributed by atoms with Gasteiger partial charge in [0.1, 0.15) is 5.69 Å². The minimum absolute atomic E-state index is 0.226. The van der Waals surface area contributed by atoms with E-state index in [1.807, 2.05) is 0 Å². The Morgan fingerprint density at radius 3 is 2.33 bits per heavy atom. The molecule has 1 aliphatic heterocycles. The van der Waals surface area contributed by atoms with Gasteiger partial charge in [-0.25, -0.2) is 8.78 Å². The molecule has 1 aromatic carbocycles. The molecule has 0 radical (unpaired) electrons. The lowest BCUT2D eigenvalue weighted by molar-refractivity contribution is -0.385. The first-order valence-electron chi connectivity index (χ1n) is 5.02. The van der Waals surface area contributed by atoms with Gasteiger partial charge in [0.25, 0.3) is 5.69 Å². The number of nitro groups is 1. The monoisotopic (exact) mass is 258 g/mol. The Balaban J connectivity index is 2.46. The van der Waals surface area contributed by atoms with Crippen molar-refractivity contribution in [1.29, 1.82) is 0 Å². The number of halogens is 2. The molecule has 8 heteroatoms. The Kier molecular flexibility index (Phi) is 2.95. The maximum atomic E-state index is 13.6. The summed E-state index contributed by atoms with van der Waals surface area (Å²) in [5, 5.41) is 19.6. The Labute approximate surface area is 99.6 Å². The highest BCUT2D eigenvalue weighted by atomic mass is 19.1. The van der Waals surface area contributed by atoms with Crippen molar-refractivity contribution in [3.05, 3.63) is 33.9 Å². The molecule has 0 saturated carbocycles. The van der Waals surface area contributed by atoms with Gasteiger partial charge in [-0.2, -0.15) is 0 Å². The zero-order valence-corrected chi connectivity index (χ0v) is 8.97. The lowest BCUT2D eigenvalue weighted by atomic mass is 10.2. The van der Waals surface area contributed by atoms with Gasteiger partial charge >= 0.3 is 0 Å². The van der Waals surface area contributed by atoms with Gasteiger partial charge in [-0.3, -0.25) is 14.9 Å². The molecule has 1 saturated heterocycles. The van der Waals surface area contributed by atoms with Gasteiger partial charge in [-0.15, -0.1) is 0 Å². The number of anilines is 1. The number of nitrogens with zero attached hydrogens (tertiary/aromatic N) is 2. The molecule has 0 bridgehead atoms. The number of rotatable bonds is 2. The predicted octanol–water partition coefficient (Wildman–Crippen LogP) is 0.971. The number of carbonyl (C=O) groups is 1. The van der Waals surface area contributed by atoms with E-state index in [0.717, 1.165) is 4.90 Å². The van der Waals surface area contributed by atoms with Gasteiger partial charge in [0, 0.05) is 0 Å². The molecule has 0 aliphatic carbocycles. The summed E-state index contributed by atoms with van der Waals surface area (Å²) < 4.78 is 27.2. The first kappa shape index (κ1) is 12.4. The van der Waals surface area contributed by atoms with Crippen LogP contribution < -0.4 is 4.90 Å². The van der Waals surface area contributed by atoms with E-state index in [1.54, 1.807) is 0 Å². The lowest BCUT2D eigenvalue weighted by Crippen LogP contribution is -2.27. The van der Waals surface area contributed by atoms with Crippen molar-refractivity contribution in [1.82, 2.24) is 0 Å². The van der Waals surface area contributed by atoms with E-state index in [-0.39, 0.29) is 13.0 Å². The van der Waals surface area contributed by atoms with E-state index in [4.69, 9.17) is 0 Å². The smallest absolute Gasteiger partial charge is 0.275 e. The first-order chi connectivity index (χ1) is 8.40. The normalized spacial score (nSPS) is 19.4. The van der Waals surface area contributed by atoms with Crippen LogP contribution in [-0.2, 0) is 4.79 Å². The summed E-state index contributed by atoms with van der Waals surface area (Å²) in [4.78, 5) is 21.6. The summed E-state index contributed by atoms with van der Waals surface area (Å²) in [5.74, 6) is -3.04. The Bertz CT molecular complexity index is 512. The van der Waals surface area contributed by atoms with E-state index in [1.165, 1.54) is 0 Å². The third kappa shape index (κ3) is 2.02. The van der Waals surface area contributed by atoms with Crippen LogP contribution in [0.15, 0.2) is 12.1 Å². The molecule has 1 aromatic rings. The maximum Gasteiger partial charge on any atom is 0.275 e. The summed E-state index contributed by atoms with van der Waals surface area (Å²) in [6.07, 6.45) is -1.22. The van der Waals surface area contributed by atoms with Crippen LogP contribution in [0.2, 0.25) is 0 Å². The highest BCUT2D eigenvalue weighted by molar-refractivity contribution is 5.96. The largest absolute Gasteiger partial charge is 0.391 e. The molecular formula is C10H8F2N2O4. The second kappa shape index (κ2) is 4.30. The summed E-state index contributed by atoms with van der Waals surface area (Å²) in [6, 6.07) is 1.08. The Morgan fingerprint density at radius 1 is 1.39 bits per heavy atom. The zero-order chi connectivity index (χ0) is 13.4. The van der Waals surface area contributed by atoms with Crippen LogP contribution in [0.1, 0.15) is 6.42 Å². The van der Waals surface area contributed by atoms with Crippen molar-refractivity contribution < 1.29 is 23.6 Å². The molecule has 18 heavy (non-hydrogen) atoms. The van der Waals surface area contributed by atoms with E-state index in [9.17, 15) is 28.8 Å². The van der Waals surface area contributed by atoms with Crippen molar-refractivity contribution in [2.24, 2.45) is 0 Å². The Hall–Kier alpha value is -2.09. The number of nitro benzene ring substituents is 1. The zero-order valence-electron chi connectivity index (χ0n) is 8.97. The van der Waals surface area contributed by atoms with Gasteiger partial charge in [0.15, 0.2) is 11.6 Å². The van der Waals surface area contributed by atoms with E-state index in [2.05, 4.69) is 0 Å². The number of carbonyl (C=O) groups excluding carboxylic acids is 1. The third-order valence-electron chi connectivity index (χ3n) is 2.59. The number of β-amino-alcohol motifs (C(OH)–C–C–N with tert-alkyl or cyclic N) is 1. The quantitative estimate of drug-likeness (QED) is 0.632. The molecule has 1 atom stereocenters. The van der Waals surface area contributed by atoms with Crippen molar-refractivity contribution in [3.8, 4) is 0 Å². The molecule has 1 unspecified atom stereocenters. The van der Waals surface area contributed by atoms with Gasteiger partial charge in [0.2, 0.25) is 5.91 Å². The maximum absolute atomic E-state index is 13.6. The summed E-state index contributed by atoms with van der Waals surface area (Å²) in [7, 11) is 0. The van der Waals surface area contributed by atoms with Crippen LogP contribution >= 0.6 is 0 Å². The van der Waals surface area contributed by atoms with Crippen molar-refractivity contribution in [2.45, 2.75) is 12.5 Å². The molecule has 1 N–H and O–H groups in total. The van der Waals surface area contributed by atoms with E-state index in [0.29, 0.717) is 12.1 Å². The number of amides is 1. The van der Waals surface area contributed by atoms with Crippen molar-refractivity contribution >= 4 is 17.3 Å². The first-order valence-corrected chi connectivity index (χ1v) is 5.02. The molecular weight excluding hydrogens is 250 g/mol. The van der Waals surface area contributed by atoms with Crippen LogP contribution in [0, 0.1) is 21.7 Å². The molecule has 1 fully saturated rings. The van der Waals surface area contributed by atoms with Crippen molar-refractivity contribution in [2.75, 3.05) is 11.4 Å². The van der Waals surface area contributed by atoms with Gasteiger partial charge in [-0.05, 0) is 0 Å². The molecule has 96 valence electrons. The fraction of sp³-hybridized carbons (Fsp3) is 0.300. The van der Waals surface area contributed by atoms with E-state index < -0.39 is 39.9 Å². The van der Waals surface area contributed by atoms with Crippen LogP contribution in [0.25, 0.3) is 0 Å². The topological polar surface area (TPSA) is 83.7 Å². The van der Waals surface area contributed by atoms with Gasteiger partial charge < -0.3 is 10.0 Å². The highest BCUT2D eigenvalue weighted by Crippen LogP contribution is 2.30. The highest BCUT2D eigenvalue weighted by Gasteiger charge is 2.33. The van der Waals surface area contributed by atoms with Crippen LogP contribution in [0.4, 0.5) is 20.2 Å². The number of aliphatic hydroxyl groups excluding tert-OH is 1. The summed E-state index contributed by atoms with van der Waals surface area (Å²) in [6.45, 7) is -0.232.